The third kappa shape index (κ3) is 46.4. The Kier molecular flexibility index (Phi) is 56.3. The van der Waals surface area contributed by atoms with E-state index in [4.69, 9.17) is 0 Å². The molecule has 0 unspecified atom stereocenters. The van der Waals surface area contributed by atoms with E-state index in [-0.39, 0.29) is 23.6 Å². The number of rotatable bonds is 72. The second-order valence-corrected chi connectivity index (χ2v) is 30.9. The summed E-state index contributed by atoms with van der Waals surface area (Å²) in [7, 11) is 0. The minimum absolute atomic E-state index is 0.0449. The van der Waals surface area contributed by atoms with Gasteiger partial charge >= 0.3 is 0 Å². The number of hydrogen-bond donors (Lipinski definition) is 4. The fourth-order valence-corrected chi connectivity index (χ4v) is 14.7. The first-order valence-electron chi connectivity index (χ1n) is 44.0. The Bertz CT molecular complexity index is 2400. The minimum atomic E-state index is -0.768. The molecule has 0 spiro atoms. The molecule has 0 saturated heterocycles. The molecular weight excluding hydrogens is 1290 g/mol. The van der Waals surface area contributed by atoms with Crippen LogP contribution in [-0.4, -0.2) is 91.6 Å². The number of carbonyl (C=O) groups is 4. The zero-order valence-corrected chi connectivity index (χ0v) is 67.2. The van der Waals surface area contributed by atoms with Gasteiger partial charge in [-0.2, -0.15) is 10.2 Å². The van der Waals surface area contributed by atoms with Gasteiger partial charge < -0.3 is 30.4 Å². The van der Waals surface area contributed by atoms with Gasteiger partial charge in [-0.05, 0) is 74.2 Å². The molecule has 2 heterocycles. The van der Waals surface area contributed by atoms with Crippen LogP contribution in [0.4, 0.5) is 11.4 Å². The topological polar surface area (TPSA) is 181 Å². The summed E-state index contributed by atoms with van der Waals surface area (Å²) in [5.41, 5.74) is 3.53. The Morgan fingerprint density at radius 1 is 0.308 bits per heavy atom. The number of aromatic nitrogens is 4. The van der Waals surface area contributed by atoms with Crippen LogP contribution in [0.2, 0.25) is 0 Å². The molecule has 0 fully saturated rings. The molecule has 4 amide bonds. The van der Waals surface area contributed by atoms with Gasteiger partial charge in [0.05, 0.1) is 24.0 Å². The summed E-state index contributed by atoms with van der Waals surface area (Å²) in [6.45, 7) is 11.9. The van der Waals surface area contributed by atoms with Crippen LogP contribution in [0.3, 0.4) is 0 Å². The number of H-pyrrole nitrogens is 2. The van der Waals surface area contributed by atoms with Crippen molar-refractivity contribution in [3.63, 3.8) is 0 Å². The van der Waals surface area contributed by atoms with Gasteiger partial charge in [0, 0.05) is 73.9 Å². The minimum Gasteiger partial charge on any atom is -0.348 e. The lowest BCUT2D eigenvalue weighted by atomic mass is 10.0. The van der Waals surface area contributed by atoms with E-state index in [1.165, 1.54) is 308 Å². The quantitative estimate of drug-likeness (QED) is 0.0252. The number of carbonyl (C=O) groups excluding carboxylic acids is 4. The summed E-state index contributed by atoms with van der Waals surface area (Å²) in [5.74, 6) is -0.748. The maximum absolute atomic E-state index is 14.8. The molecule has 0 bridgehead atoms. The number of hydrogen-bond acceptors (Lipinski definition) is 8. The van der Waals surface area contributed by atoms with Crippen LogP contribution < -0.4 is 10.6 Å². The number of nitrogens with zero attached hydrogens (tertiary/aromatic N) is 6. The van der Waals surface area contributed by atoms with Crippen molar-refractivity contribution in [1.82, 2.24) is 40.4 Å². The van der Waals surface area contributed by atoms with Gasteiger partial charge in [0.15, 0.2) is 0 Å². The van der Waals surface area contributed by atoms with Crippen LogP contribution >= 0.6 is 0 Å². The molecule has 104 heavy (non-hydrogen) atoms. The van der Waals surface area contributed by atoms with Gasteiger partial charge in [0.2, 0.25) is 11.8 Å². The maximum Gasteiger partial charge on any atom is 0.251 e. The van der Waals surface area contributed by atoms with Crippen molar-refractivity contribution in [2.24, 2.45) is 10.2 Å². The fourth-order valence-electron chi connectivity index (χ4n) is 14.7. The van der Waals surface area contributed by atoms with Crippen LogP contribution in [-0.2, 0) is 22.4 Å². The fraction of sp³-hybridized carbons (Fsp3) is 0.756. The van der Waals surface area contributed by atoms with Crippen molar-refractivity contribution in [2.75, 3.05) is 26.2 Å². The zero-order chi connectivity index (χ0) is 74.1. The zero-order valence-electron chi connectivity index (χ0n) is 67.2. The third-order valence-electron chi connectivity index (χ3n) is 21.5. The molecule has 2 aromatic carbocycles. The molecule has 2 aromatic heterocycles. The van der Waals surface area contributed by atoms with E-state index in [1.54, 1.807) is 73.6 Å². The molecular formula is C90H154N10O4. The molecule has 4 aromatic rings. The van der Waals surface area contributed by atoms with E-state index < -0.39 is 12.1 Å². The van der Waals surface area contributed by atoms with Gasteiger partial charge in [0.1, 0.15) is 12.1 Å². The van der Waals surface area contributed by atoms with E-state index in [0.717, 1.165) is 62.8 Å². The lowest BCUT2D eigenvalue weighted by Crippen LogP contribution is -2.50. The monoisotopic (exact) mass is 1440 g/mol. The lowest BCUT2D eigenvalue weighted by molar-refractivity contribution is -0.134. The first kappa shape index (κ1) is 90.7. The van der Waals surface area contributed by atoms with Crippen molar-refractivity contribution >= 4 is 35.0 Å². The summed E-state index contributed by atoms with van der Waals surface area (Å²) >= 11 is 0. The summed E-state index contributed by atoms with van der Waals surface area (Å²) in [6.07, 6.45) is 79.3. The average Bonchev–Trinajstić information content (AvgIpc) is 1.03. The standard InChI is InChI=1S/C90H154N10O4/c1-5-9-13-17-21-25-29-33-37-41-45-49-53-57-69-99(70-58-54-50-46-42-38-34-30-26-22-18-14-10-6-2)89(103)85(73-83-75-91-77-93-83)95-87(101)79-61-65-81(66-62-79)97-98-82-67-63-80(64-68-82)88(102)96-86(74-84-76-92-78-94-84)90(104)100(71-59-55-51-47-43-39-35-31-27-23-19-15-11-7-3)72-60-56-52-48-44-40-36-32-28-24-20-16-12-8-4/h61-68,75-78,85-86H,5-60,69-74H2,1-4H3,(H,91,93)(H,92,94)(H,95,101)(H,96,102)/t85-,86-/m0/s1. The Morgan fingerprint density at radius 2 is 0.510 bits per heavy atom. The number of amides is 4. The highest BCUT2D eigenvalue weighted by Gasteiger charge is 2.29. The van der Waals surface area contributed by atoms with E-state index in [1.807, 2.05) is 9.80 Å². The molecule has 0 aliphatic carbocycles. The number of nitrogens with one attached hydrogen (secondary N) is 4. The number of unbranched alkanes of at least 4 members (excludes halogenated alkanes) is 52. The smallest absolute Gasteiger partial charge is 0.251 e. The number of benzene rings is 2. The van der Waals surface area contributed by atoms with Crippen molar-refractivity contribution < 1.29 is 19.2 Å². The largest absolute Gasteiger partial charge is 0.348 e. The Labute approximate surface area is 635 Å². The molecule has 0 saturated carbocycles. The summed E-state index contributed by atoms with van der Waals surface area (Å²) < 4.78 is 0. The van der Waals surface area contributed by atoms with E-state index >= 15 is 0 Å². The molecule has 0 aliphatic heterocycles. The highest BCUT2D eigenvalue weighted by molar-refractivity contribution is 5.98. The molecule has 0 aliphatic rings. The second kappa shape index (κ2) is 64.5. The number of azo groups is 1. The molecule has 14 heteroatoms. The lowest BCUT2D eigenvalue weighted by Gasteiger charge is -2.28. The van der Waals surface area contributed by atoms with Crippen molar-refractivity contribution in [2.45, 2.75) is 412 Å². The van der Waals surface area contributed by atoms with Gasteiger partial charge in [0.25, 0.3) is 11.8 Å². The molecule has 14 nitrogen and oxygen atoms in total. The SMILES string of the molecule is CCCCCCCCCCCCCCCCN(CCCCCCCCCCCCCCCC)C(=O)[C@H](Cc1cnc[nH]1)NC(=O)c1ccc(N=Nc2ccc(C(=O)N[C@@H](Cc3cnc[nH]3)C(=O)N(CCCCCCCCCCCCCCCC)CCCCCCCCCCCCCCCC)cc2)cc1. The van der Waals surface area contributed by atoms with Crippen LogP contribution in [0.25, 0.3) is 0 Å². The second-order valence-electron chi connectivity index (χ2n) is 30.9. The Balaban J connectivity index is 1.34. The number of aromatic amines is 2. The first-order valence-corrected chi connectivity index (χ1v) is 44.0. The van der Waals surface area contributed by atoms with E-state index in [2.05, 4.69) is 68.5 Å². The predicted molar refractivity (Wildman–Crippen MR) is 439 cm³/mol. The normalized spacial score (nSPS) is 12.2. The summed E-state index contributed by atoms with van der Waals surface area (Å²) in [5, 5.41) is 15.3. The van der Waals surface area contributed by atoms with Crippen LogP contribution in [0, 0.1) is 0 Å². The highest BCUT2D eigenvalue weighted by atomic mass is 16.2. The van der Waals surface area contributed by atoms with Crippen molar-refractivity contribution in [1.29, 1.82) is 0 Å². The molecule has 2 atom stereocenters. The summed E-state index contributed by atoms with van der Waals surface area (Å²) in [6, 6.07) is 12.4. The van der Waals surface area contributed by atoms with Crippen molar-refractivity contribution in [3.8, 4) is 0 Å². The van der Waals surface area contributed by atoms with Crippen LogP contribution in [0.1, 0.15) is 419 Å². The highest BCUT2D eigenvalue weighted by Crippen LogP contribution is 2.23. The van der Waals surface area contributed by atoms with Crippen LogP contribution in [0.5, 0.6) is 0 Å². The first-order chi connectivity index (χ1) is 51.3. The van der Waals surface area contributed by atoms with Gasteiger partial charge in [-0.1, -0.05) is 362 Å². The van der Waals surface area contributed by atoms with Crippen molar-refractivity contribution in [3.05, 3.63) is 96.1 Å². The summed E-state index contributed by atoms with van der Waals surface area (Å²) in [4.78, 5) is 76.8. The molecule has 4 N–H and O–H groups in total. The maximum atomic E-state index is 14.8. The predicted octanol–water partition coefficient (Wildman–Crippen LogP) is 25.8. The van der Waals surface area contributed by atoms with Gasteiger partial charge in [-0.25, -0.2) is 9.97 Å². The van der Waals surface area contributed by atoms with Gasteiger partial charge in [-0.3, -0.25) is 19.2 Å². The average molecular weight is 1440 g/mol. The van der Waals surface area contributed by atoms with Gasteiger partial charge in [-0.15, -0.1) is 0 Å². The van der Waals surface area contributed by atoms with E-state index in [0.29, 0.717) is 61.5 Å². The molecule has 0 radical (unpaired) electrons. The molecule has 588 valence electrons. The molecule has 4 rings (SSSR count). The Hall–Kier alpha value is -5.66. The Morgan fingerprint density at radius 3 is 0.702 bits per heavy atom. The third-order valence-corrected chi connectivity index (χ3v) is 21.5. The van der Waals surface area contributed by atoms with E-state index in [9.17, 15) is 19.2 Å². The van der Waals surface area contributed by atoms with Crippen LogP contribution in [0.15, 0.2) is 83.8 Å². The number of imidazole rings is 2.